The number of benzene rings is 1. The van der Waals surface area contributed by atoms with Crippen LogP contribution in [0, 0.1) is 0 Å². The molecule has 0 saturated heterocycles. The number of amides is 1. The Morgan fingerprint density at radius 2 is 2.12 bits per heavy atom. The van der Waals surface area contributed by atoms with Crippen LogP contribution < -0.4 is 5.32 Å². The first kappa shape index (κ1) is 12.4. The zero-order valence-corrected chi connectivity index (χ0v) is 10.1. The highest BCUT2D eigenvalue weighted by molar-refractivity contribution is 9.10. The predicted octanol–water partition coefficient (Wildman–Crippen LogP) is 2.51. The average Bonchev–Trinajstić information content (AvgIpc) is 2.18. The van der Waals surface area contributed by atoms with Gasteiger partial charge in [-0.05, 0) is 39.7 Å². The largest absolute Gasteiger partial charge is 0.478 e. The molecule has 0 aliphatic heterocycles. The molecule has 1 aromatic carbocycles. The lowest BCUT2D eigenvalue weighted by Crippen LogP contribution is -2.06. The second kappa shape index (κ2) is 5.46. The van der Waals surface area contributed by atoms with Crippen molar-refractivity contribution in [3.05, 3.63) is 34.3 Å². The van der Waals surface area contributed by atoms with Gasteiger partial charge in [-0.2, -0.15) is 0 Å². The van der Waals surface area contributed by atoms with Crippen molar-refractivity contribution in [3.8, 4) is 0 Å². The summed E-state index contributed by atoms with van der Waals surface area (Å²) in [6.07, 6.45) is 2.50. The highest BCUT2D eigenvalue weighted by atomic mass is 79.9. The third-order valence-corrected chi connectivity index (χ3v) is 2.41. The van der Waals surface area contributed by atoms with Crippen LogP contribution >= 0.6 is 15.9 Å². The van der Waals surface area contributed by atoms with Crippen LogP contribution in [-0.4, -0.2) is 17.0 Å². The van der Waals surface area contributed by atoms with Gasteiger partial charge in [-0.15, -0.1) is 0 Å². The normalized spacial score (nSPS) is 10.4. The molecule has 2 N–H and O–H groups in total. The van der Waals surface area contributed by atoms with E-state index in [9.17, 15) is 9.59 Å². The van der Waals surface area contributed by atoms with Crippen LogP contribution in [0.2, 0.25) is 0 Å². The molecule has 0 saturated carbocycles. The van der Waals surface area contributed by atoms with Gasteiger partial charge in [-0.25, -0.2) is 4.79 Å². The number of aliphatic carboxylic acids is 1. The Balaban J connectivity index is 2.97. The molecule has 5 heteroatoms. The number of carbonyl (C=O) groups is 2. The van der Waals surface area contributed by atoms with Gasteiger partial charge in [0.2, 0.25) is 5.91 Å². The Morgan fingerprint density at radius 1 is 1.44 bits per heavy atom. The lowest BCUT2D eigenvalue weighted by molar-refractivity contribution is -0.131. The van der Waals surface area contributed by atoms with Crippen molar-refractivity contribution >= 4 is 39.6 Å². The number of nitrogens with one attached hydrogen (secondary N) is 1. The van der Waals surface area contributed by atoms with Gasteiger partial charge in [-0.1, -0.05) is 6.07 Å². The molecule has 84 valence electrons. The van der Waals surface area contributed by atoms with Crippen LogP contribution in [0.15, 0.2) is 28.7 Å². The molecular formula is C11H10BrNO3. The molecule has 0 spiro atoms. The molecule has 0 radical (unpaired) electrons. The third kappa shape index (κ3) is 3.86. The summed E-state index contributed by atoms with van der Waals surface area (Å²) in [6.45, 7) is 1.41. The number of rotatable bonds is 3. The molecule has 1 amide bonds. The smallest absolute Gasteiger partial charge is 0.328 e. The van der Waals surface area contributed by atoms with E-state index in [0.717, 1.165) is 10.5 Å². The van der Waals surface area contributed by atoms with Crippen LogP contribution in [0.5, 0.6) is 0 Å². The van der Waals surface area contributed by atoms with Crippen molar-refractivity contribution in [2.45, 2.75) is 6.92 Å². The quantitative estimate of drug-likeness (QED) is 0.838. The fourth-order valence-corrected chi connectivity index (χ4v) is 1.45. The number of carboxylic acid groups (broad SMARTS) is 1. The second-order valence-electron chi connectivity index (χ2n) is 3.09. The predicted molar refractivity (Wildman–Crippen MR) is 65.1 cm³/mol. The van der Waals surface area contributed by atoms with Crippen molar-refractivity contribution in [1.82, 2.24) is 0 Å². The van der Waals surface area contributed by atoms with Gasteiger partial charge in [0.1, 0.15) is 0 Å². The first-order valence-electron chi connectivity index (χ1n) is 4.47. The zero-order valence-electron chi connectivity index (χ0n) is 8.53. The van der Waals surface area contributed by atoms with Crippen LogP contribution in [-0.2, 0) is 9.59 Å². The van der Waals surface area contributed by atoms with E-state index in [2.05, 4.69) is 21.2 Å². The van der Waals surface area contributed by atoms with E-state index < -0.39 is 5.97 Å². The van der Waals surface area contributed by atoms with Crippen molar-refractivity contribution in [1.29, 1.82) is 0 Å². The van der Waals surface area contributed by atoms with Crippen LogP contribution in [0.25, 0.3) is 6.08 Å². The highest BCUT2D eigenvalue weighted by Gasteiger charge is 2.02. The number of hydrogen-bond donors (Lipinski definition) is 2. The standard InChI is InChI=1S/C11H10BrNO3/c1-7(14)13-10-6-8(2-4-9(10)12)3-5-11(15)16/h2-6H,1H3,(H,13,14)(H,15,16)/b5-3+. The lowest BCUT2D eigenvalue weighted by atomic mass is 10.2. The zero-order chi connectivity index (χ0) is 12.1. The van der Waals surface area contributed by atoms with Gasteiger partial charge in [0.05, 0.1) is 5.69 Å². The number of hydrogen-bond acceptors (Lipinski definition) is 2. The van der Waals surface area contributed by atoms with Crippen LogP contribution in [0.1, 0.15) is 12.5 Å². The van der Waals surface area contributed by atoms with Gasteiger partial charge < -0.3 is 10.4 Å². The Morgan fingerprint density at radius 3 is 2.69 bits per heavy atom. The summed E-state index contributed by atoms with van der Waals surface area (Å²) >= 11 is 3.28. The maximum atomic E-state index is 10.9. The van der Waals surface area contributed by atoms with Crippen molar-refractivity contribution in [2.75, 3.05) is 5.32 Å². The van der Waals surface area contributed by atoms with E-state index in [4.69, 9.17) is 5.11 Å². The van der Waals surface area contributed by atoms with E-state index in [0.29, 0.717) is 11.3 Å². The summed E-state index contributed by atoms with van der Waals surface area (Å²) in [7, 11) is 0. The Bertz CT molecular complexity index is 455. The monoisotopic (exact) mass is 283 g/mol. The fourth-order valence-electron chi connectivity index (χ4n) is 1.10. The summed E-state index contributed by atoms with van der Waals surface area (Å²) in [6, 6.07) is 5.17. The minimum atomic E-state index is -1.01. The van der Waals surface area contributed by atoms with Gasteiger partial charge >= 0.3 is 5.97 Å². The third-order valence-electron chi connectivity index (χ3n) is 1.72. The van der Waals surface area contributed by atoms with E-state index in [1.54, 1.807) is 18.2 Å². The molecule has 0 aliphatic rings. The molecule has 16 heavy (non-hydrogen) atoms. The molecule has 0 bridgehead atoms. The summed E-state index contributed by atoms with van der Waals surface area (Å²) in [4.78, 5) is 21.2. The SMILES string of the molecule is CC(=O)Nc1cc(/C=C/C(=O)O)ccc1Br. The first-order chi connectivity index (χ1) is 7.49. The van der Waals surface area contributed by atoms with Crippen molar-refractivity contribution in [3.63, 3.8) is 0 Å². The minimum absolute atomic E-state index is 0.180. The Hall–Kier alpha value is -1.62. The Kier molecular flexibility index (Phi) is 4.25. The van der Waals surface area contributed by atoms with E-state index in [-0.39, 0.29) is 5.91 Å². The number of halogens is 1. The van der Waals surface area contributed by atoms with E-state index in [1.807, 2.05) is 0 Å². The summed E-state index contributed by atoms with van der Waals surface area (Å²) in [5.74, 6) is -1.19. The maximum Gasteiger partial charge on any atom is 0.328 e. The van der Waals surface area contributed by atoms with Crippen molar-refractivity contribution < 1.29 is 14.7 Å². The average molecular weight is 284 g/mol. The van der Waals surface area contributed by atoms with Gasteiger partial charge in [0, 0.05) is 17.5 Å². The van der Waals surface area contributed by atoms with E-state index in [1.165, 1.54) is 13.0 Å². The molecule has 0 heterocycles. The molecule has 0 unspecified atom stereocenters. The molecule has 0 atom stereocenters. The first-order valence-corrected chi connectivity index (χ1v) is 5.26. The molecule has 0 fully saturated rings. The maximum absolute atomic E-state index is 10.9. The molecule has 0 aromatic heterocycles. The second-order valence-corrected chi connectivity index (χ2v) is 3.95. The van der Waals surface area contributed by atoms with Crippen molar-refractivity contribution in [2.24, 2.45) is 0 Å². The fraction of sp³-hybridized carbons (Fsp3) is 0.0909. The number of anilines is 1. The Labute approximate surface area is 101 Å². The van der Waals surface area contributed by atoms with Gasteiger partial charge in [0.15, 0.2) is 0 Å². The molecule has 1 aromatic rings. The number of carbonyl (C=O) groups excluding carboxylic acids is 1. The summed E-state index contributed by atoms with van der Waals surface area (Å²) in [5, 5.41) is 11.1. The van der Waals surface area contributed by atoms with Gasteiger partial charge in [-0.3, -0.25) is 4.79 Å². The summed E-state index contributed by atoms with van der Waals surface area (Å²) in [5.41, 5.74) is 1.31. The molecule has 0 aliphatic carbocycles. The molecular weight excluding hydrogens is 274 g/mol. The van der Waals surface area contributed by atoms with Gasteiger partial charge in [0.25, 0.3) is 0 Å². The topological polar surface area (TPSA) is 66.4 Å². The van der Waals surface area contributed by atoms with Crippen LogP contribution in [0.3, 0.4) is 0 Å². The van der Waals surface area contributed by atoms with E-state index >= 15 is 0 Å². The van der Waals surface area contributed by atoms with Crippen LogP contribution in [0.4, 0.5) is 5.69 Å². The number of carboxylic acids is 1. The lowest BCUT2D eigenvalue weighted by Gasteiger charge is -2.05. The highest BCUT2D eigenvalue weighted by Crippen LogP contribution is 2.24. The summed E-state index contributed by atoms with van der Waals surface area (Å²) < 4.78 is 0.746. The minimum Gasteiger partial charge on any atom is -0.478 e. The molecule has 1 rings (SSSR count). The molecule has 4 nitrogen and oxygen atoms in total.